The number of nitro benzene ring substituents is 2. The van der Waals surface area contributed by atoms with E-state index in [-0.39, 0.29) is 6.07 Å². The van der Waals surface area contributed by atoms with Crippen molar-refractivity contribution in [2.24, 2.45) is 0 Å². The molecule has 2 aromatic carbocycles. The molecule has 0 amide bonds. The Balaban J connectivity index is 2.73. The van der Waals surface area contributed by atoms with Gasteiger partial charge in [0.25, 0.3) is 11.4 Å². The van der Waals surface area contributed by atoms with Gasteiger partial charge >= 0.3 is 6.18 Å². The maximum atomic E-state index is 13.9. The molecule has 0 spiro atoms. The Labute approximate surface area is 137 Å². The van der Waals surface area contributed by atoms with Gasteiger partial charge in [0.15, 0.2) is 0 Å². The highest BCUT2D eigenvalue weighted by Gasteiger charge is 2.39. The summed E-state index contributed by atoms with van der Waals surface area (Å²) in [6.07, 6.45) is -5.14. The summed E-state index contributed by atoms with van der Waals surface area (Å²) >= 11 is 0. The van der Waals surface area contributed by atoms with Crippen molar-refractivity contribution in [3.8, 4) is 0 Å². The summed E-state index contributed by atoms with van der Waals surface area (Å²) in [6.45, 7) is 1.54. The van der Waals surface area contributed by atoms with Crippen LogP contribution in [0.1, 0.15) is 11.1 Å². The molecule has 0 aliphatic heterocycles. The lowest BCUT2D eigenvalue weighted by Crippen LogP contribution is -2.12. The second-order valence-electron chi connectivity index (χ2n) is 5.01. The normalized spacial score (nSPS) is 11.2. The Hall–Kier alpha value is -3.24. The zero-order valence-corrected chi connectivity index (χ0v) is 12.4. The first-order valence-corrected chi connectivity index (χ1v) is 6.58. The van der Waals surface area contributed by atoms with Crippen LogP contribution in [0, 0.1) is 33.0 Å². The van der Waals surface area contributed by atoms with Gasteiger partial charge in [-0.3, -0.25) is 20.2 Å². The number of nitrogens with one attached hydrogen (secondary N) is 1. The molecule has 0 atom stereocenters. The number of nitrogens with zero attached hydrogens (tertiary/aromatic N) is 2. The van der Waals surface area contributed by atoms with Crippen molar-refractivity contribution < 1.29 is 27.4 Å². The Morgan fingerprint density at radius 2 is 1.68 bits per heavy atom. The quantitative estimate of drug-likeness (QED) is 0.484. The molecule has 0 unspecified atom stereocenters. The van der Waals surface area contributed by atoms with Crippen molar-refractivity contribution in [3.63, 3.8) is 0 Å². The predicted molar refractivity (Wildman–Crippen MR) is 79.2 cm³/mol. The lowest BCUT2D eigenvalue weighted by molar-refractivity contribution is -0.394. The number of hydrogen-bond donors (Lipinski definition) is 1. The van der Waals surface area contributed by atoms with Crippen LogP contribution >= 0.6 is 0 Å². The summed E-state index contributed by atoms with van der Waals surface area (Å²) in [5, 5.41) is 23.9. The van der Waals surface area contributed by atoms with Gasteiger partial charge in [-0.15, -0.1) is 0 Å². The van der Waals surface area contributed by atoms with Crippen molar-refractivity contribution >= 4 is 22.7 Å². The minimum Gasteiger partial charge on any atom is -0.347 e. The molecule has 0 aliphatic carbocycles. The average Bonchev–Trinajstić information content (AvgIpc) is 2.48. The molecule has 7 nitrogen and oxygen atoms in total. The van der Waals surface area contributed by atoms with Gasteiger partial charge in [-0.25, -0.2) is 4.39 Å². The molecule has 0 saturated carbocycles. The highest BCUT2D eigenvalue weighted by Crippen LogP contribution is 2.43. The number of alkyl halides is 3. The highest BCUT2D eigenvalue weighted by atomic mass is 19.4. The molecule has 0 bridgehead atoms. The molecule has 0 aliphatic rings. The number of halogens is 4. The molecular formula is C14H9F4N3O4. The van der Waals surface area contributed by atoms with Crippen LogP contribution in [0.2, 0.25) is 0 Å². The van der Waals surface area contributed by atoms with Gasteiger partial charge in [0.2, 0.25) is 0 Å². The van der Waals surface area contributed by atoms with Crippen LogP contribution in [-0.2, 0) is 6.18 Å². The molecule has 25 heavy (non-hydrogen) atoms. The summed E-state index contributed by atoms with van der Waals surface area (Å²) in [4.78, 5) is 19.4. The van der Waals surface area contributed by atoms with Gasteiger partial charge in [0, 0.05) is 6.07 Å². The molecule has 2 aromatic rings. The van der Waals surface area contributed by atoms with Crippen LogP contribution in [0.15, 0.2) is 30.3 Å². The summed E-state index contributed by atoms with van der Waals surface area (Å²) in [7, 11) is 0. The summed E-state index contributed by atoms with van der Waals surface area (Å²) < 4.78 is 53.6. The van der Waals surface area contributed by atoms with Crippen LogP contribution in [0.25, 0.3) is 0 Å². The van der Waals surface area contributed by atoms with Crippen LogP contribution < -0.4 is 5.32 Å². The Bertz CT molecular complexity index is 868. The van der Waals surface area contributed by atoms with Crippen molar-refractivity contribution in [1.82, 2.24) is 0 Å². The first-order valence-electron chi connectivity index (χ1n) is 6.58. The lowest BCUT2D eigenvalue weighted by Gasteiger charge is -2.15. The van der Waals surface area contributed by atoms with E-state index in [2.05, 4.69) is 0 Å². The Morgan fingerprint density at radius 3 is 2.16 bits per heavy atom. The maximum Gasteiger partial charge on any atom is 0.418 e. The number of nitro groups is 2. The topological polar surface area (TPSA) is 98.3 Å². The van der Waals surface area contributed by atoms with Crippen LogP contribution in [0.5, 0.6) is 0 Å². The molecule has 1 N–H and O–H groups in total. The third-order valence-corrected chi connectivity index (χ3v) is 3.20. The molecule has 0 aromatic heterocycles. The van der Waals surface area contributed by atoms with E-state index in [9.17, 15) is 37.8 Å². The zero-order chi connectivity index (χ0) is 18.9. The molecule has 0 radical (unpaired) electrons. The van der Waals surface area contributed by atoms with Gasteiger partial charge in [-0.05, 0) is 24.6 Å². The van der Waals surface area contributed by atoms with Crippen molar-refractivity contribution in [1.29, 1.82) is 0 Å². The monoisotopic (exact) mass is 359 g/mol. The lowest BCUT2D eigenvalue weighted by atomic mass is 10.1. The zero-order valence-electron chi connectivity index (χ0n) is 12.4. The maximum absolute atomic E-state index is 13.9. The third-order valence-electron chi connectivity index (χ3n) is 3.20. The molecule has 0 saturated heterocycles. The van der Waals surface area contributed by atoms with Crippen molar-refractivity contribution in [2.75, 3.05) is 5.32 Å². The smallest absolute Gasteiger partial charge is 0.347 e. The summed E-state index contributed by atoms with van der Waals surface area (Å²) in [5.74, 6) is -0.930. The van der Waals surface area contributed by atoms with Gasteiger partial charge in [-0.2, -0.15) is 13.2 Å². The second-order valence-corrected chi connectivity index (χ2v) is 5.01. The van der Waals surface area contributed by atoms with Crippen molar-refractivity contribution in [3.05, 3.63) is 67.5 Å². The average molecular weight is 359 g/mol. The largest absolute Gasteiger partial charge is 0.418 e. The molecular weight excluding hydrogens is 350 g/mol. The SMILES string of the molecule is Cc1ccc(Nc2c([N+](=O)[O-])cc([N+](=O)[O-])cc2C(F)(F)F)c(F)c1. The van der Waals surface area contributed by atoms with E-state index in [0.29, 0.717) is 11.6 Å². The minimum atomic E-state index is -5.14. The number of benzene rings is 2. The molecule has 132 valence electrons. The first kappa shape index (κ1) is 18.1. The van der Waals surface area contributed by atoms with Gasteiger partial charge < -0.3 is 5.32 Å². The highest BCUT2D eigenvalue weighted by molar-refractivity contribution is 5.76. The standard InChI is InChI=1S/C14H9F4N3O4/c1-7-2-3-11(10(15)4-7)19-13-9(14(16,17)18)5-8(20(22)23)6-12(13)21(24)25/h2-6,19H,1H3. The number of aryl methyl sites for hydroxylation is 1. The summed E-state index contributed by atoms with van der Waals surface area (Å²) in [5.41, 5.74) is -4.97. The van der Waals surface area contributed by atoms with Crippen molar-refractivity contribution in [2.45, 2.75) is 13.1 Å². The van der Waals surface area contributed by atoms with E-state index in [0.717, 1.165) is 12.1 Å². The Kier molecular flexibility index (Phi) is 4.59. The second kappa shape index (κ2) is 6.34. The van der Waals surface area contributed by atoms with E-state index in [4.69, 9.17) is 0 Å². The van der Waals surface area contributed by atoms with Gasteiger partial charge in [0.1, 0.15) is 11.5 Å². The molecule has 11 heteroatoms. The first-order chi connectivity index (χ1) is 11.5. The van der Waals surface area contributed by atoms with E-state index < -0.39 is 50.2 Å². The molecule has 0 fully saturated rings. The van der Waals surface area contributed by atoms with Crippen LogP contribution in [0.3, 0.4) is 0 Å². The predicted octanol–water partition coefficient (Wildman–Crippen LogP) is 4.71. The third kappa shape index (κ3) is 3.82. The van der Waals surface area contributed by atoms with Crippen LogP contribution in [-0.4, -0.2) is 9.85 Å². The fourth-order valence-electron chi connectivity index (χ4n) is 2.07. The Morgan fingerprint density at radius 1 is 1.04 bits per heavy atom. The fourth-order valence-corrected chi connectivity index (χ4v) is 2.07. The summed E-state index contributed by atoms with van der Waals surface area (Å²) in [6, 6.07) is 4.05. The molecule has 2 rings (SSSR count). The molecule has 0 heterocycles. The number of hydrogen-bond acceptors (Lipinski definition) is 5. The van der Waals surface area contributed by atoms with Gasteiger partial charge in [0.05, 0.1) is 27.2 Å². The van der Waals surface area contributed by atoms with E-state index in [1.807, 2.05) is 5.32 Å². The van der Waals surface area contributed by atoms with E-state index >= 15 is 0 Å². The fraction of sp³-hybridized carbons (Fsp3) is 0.143. The minimum absolute atomic E-state index is 0.154. The van der Waals surface area contributed by atoms with E-state index in [1.54, 1.807) is 6.92 Å². The van der Waals surface area contributed by atoms with Crippen LogP contribution in [0.4, 0.5) is 40.3 Å². The van der Waals surface area contributed by atoms with E-state index in [1.165, 1.54) is 6.07 Å². The number of rotatable bonds is 4. The number of anilines is 2. The number of non-ortho nitro benzene ring substituents is 1. The van der Waals surface area contributed by atoms with Gasteiger partial charge in [-0.1, -0.05) is 6.07 Å².